The van der Waals surface area contributed by atoms with E-state index in [0.717, 1.165) is 12.8 Å². The minimum absolute atomic E-state index is 0.269. The lowest BCUT2D eigenvalue weighted by Crippen LogP contribution is -2.36. The van der Waals surface area contributed by atoms with Gasteiger partial charge in [-0.3, -0.25) is 9.59 Å². The van der Waals surface area contributed by atoms with Gasteiger partial charge in [0.05, 0.1) is 19.6 Å². The first-order chi connectivity index (χ1) is 10.1. The number of carbonyl (C=O) groups is 2. The lowest BCUT2D eigenvalue weighted by atomic mass is 9.80. The van der Waals surface area contributed by atoms with Crippen molar-refractivity contribution >= 4 is 11.9 Å². The number of hydrogen-bond donors (Lipinski definition) is 0. The smallest absolute Gasteiger partial charge is 0.326 e. The fourth-order valence-corrected chi connectivity index (χ4v) is 2.20. The SMILES string of the molecule is COC(=O)C(C#N)(CCCCC(C)C)CC(=O)OC(C)(C)C. The molecule has 0 saturated heterocycles. The van der Waals surface area contributed by atoms with Gasteiger partial charge in [-0.2, -0.15) is 5.26 Å². The van der Waals surface area contributed by atoms with E-state index in [2.05, 4.69) is 13.8 Å². The number of esters is 2. The van der Waals surface area contributed by atoms with Crippen LogP contribution in [-0.2, 0) is 19.1 Å². The van der Waals surface area contributed by atoms with Crippen LogP contribution in [0.3, 0.4) is 0 Å². The van der Waals surface area contributed by atoms with Gasteiger partial charge in [0.2, 0.25) is 0 Å². The van der Waals surface area contributed by atoms with Crippen molar-refractivity contribution in [3.05, 3.63) is 0 Å². The monoisotopic (exact) mass is 311 g/mol. The van der Waals surface area contributed by atoms with Crippen molar-refractivity contribution < 1.29 is 19.1 Å². The molecule has 0 aromatic rings. The van der Waals surface area contributed by atoms with E-state index < -0.39 is 23.0 Å². The lowest BCUT2D eigenvalue weighted by molar-refractivity contribution is -0.164. The number of nitriles is 1. The first-order valence-electron chi connectivity index (χ1n) is 7.78. The molecule has 0 N–H and O–H groups in total. The Morgan fingerprint density at radius 2 is 1.77 bits per heavy atom. The molecule has 0 radical (unpaired) electrons. The molecule has 1 atom stereocenters. The van der Waals surface area contributed by atoms with E-state index in [1.807, 2.05) is 6.07 Å². The number of carbonyl (C=O) groups excluding carboxylic acids is 2. The maximum absolute atomic E-state index is 12.0. The van der Waals surface area contributed by atoms with Crippen molar-refractivity contribution in [2.24, 2.45) is 11.3 Å². The second-order valence-corrected chi connectivity index (χ2v) is 7.09. The molecule has 5 nitrogen and oxygen atoms in total. The molecule has 5 heteroatoms. The molecule has 22 heavy (non-hydrogen) atoms. The van der Waals surface area contributed by atoms with E-state index in [0.29, 0.717) is 18.8 Å². The topological polar surface area (TPSA) is 76.4 Å². The zero-order valence-electron chi connectivity index (χ0n) is 14.7. The Hall–Kier alpha value is -1.57. The normalized spacial score (nSPS) is 14.1. The van der Waals surface area contributed by atoms with Gasteiger partial charge >= 0.3 is 11.9 Å². The summed E-state index contributed by atoms with van der Waals surface area (Å²) in [6.45, 7) is 9.50. The number of ether oxygens (including phenoxy) is 2. The number of nitrogens with zero attached hydrogens (tertiary/aromatic N) is 1. The first-order valence-corrected chi connectivity index (χ1v) is 7.78. The molecule has 0 aromatic carbocycles. The Balaban J connectivity index is 4.91. The van der Waals surface area contributed by atoms with Crippen LogP contribution in [0, 0.1) is 22.7 Å². The maximum atomic E-state index is 12.0. The second kappa shape index (κ2) is 8.77. The van der Waals surface area contributed by atoms with Crippen LogP contribution < -0.4 is 0 Å². The summed E-state index contributed by atoms with van der Waals surface area (Å²) in [7, 11) is 1.23. The largest absolute Gasteiger partial charge is 0.468 e. The van der Waals surface area contributed by atoms with Crippen molar-refractivity contribution in [3.8, 4) is 6.07 Å². The van der Waals surface area contributed by atoms with E-state index in [4.69, 9.17) is 9.47 Å². The summed E-state index contributed by atoms with van der Waals surface area (Å²) < 4.78 is 9.98. The van der Waals surface area contributed by atoms with Gasteiger partial charge in [0.15, 0.2) is 5.41 Å². The molecular formula is C17H29NO4. The minimum atomic E-state index is -1.45. The molecule has 0 amide bonds. The molecule has 0 aliphatic heterocycles. The summed E-state index contributed by atoms with van der Waals surface area (Å²) in [5, 5.41) is 9.48. The molecule has 0 aliphatic rings. The molecular weight excluding hydrogens is 282 g/mol. The van der Waals surface area contributed by atoms with Crippen LogP contribution in [0.2, 0.25) is 0 Å². The van der Waals surface area contributed by atoms with E-state index in [1.54, 1.807) is 20.8 Å². The van der Waals surface area contributed by atoms with Crippen LogP contribution >= 0.6 is 0 Å². The third kappa shape index (κ3) is 7.44. The molecule has 0 heterocycles. The lowest BCUT2D eigenvalue weighted by Gasteiger charge is -2.26. The Kier molecular flexibility index (Phi) is 8.15. The van der Waals surface area contributed by atoms with Crippen molar-refractivity contribution in [3.63, 3.8) is 0 Å². The van der Waals surface area contributed by atoms with E-state index >= 15 is 0 Å². The fraction of sp³-hybridized carbons (Fsp3) is 0.824. The third-order valence-corrected chi connectivity index (χ3v) is 3.29. The molecule has 0 bridgehead atoms. The van der Waals surface area contributed by atoms with Gasteiger partial charge in [0, 0.05) is 0 Å². The molecule has 1 unspecified atom stereocenters. The molecule has 0 fully saturated rings. The zero-order valence-corrected chi connectivity index (χ0v) is 14.7. The Bertz CT molecular complexity index is 417. The maximum Gasteiger partial charge on any atom is 0.326 e. The summed E-state index contributed by atoms with van der Waals surface area (Å²) in [5.41, 5.74) is -2.10. The number of unbranched alkanes of at least 4 members (excludes halogenated alkanes) is 1. The zero-order chi connectivity index (χ0) is 17.4. The Labute approximate surface area is 134 Å². The average molecular weight is 311 g/mol. The first kappa shape index (κ1) is 20.4. The second-order valence-electron chi connectivity index (χ2n) is 7.09. The average Bonchev–Trinajstić information content (AvgIpc) is 2.38. The van der Waals surface area contributed by atoms with Gasteiger partial charge in [0.25, 0.3) is 0 Å². The van der Waals surface area contributed by atoms with Gasteiger partial charge < -0.3 is 9.47 Å². The van der Waals surface area contributed by atoms with Crippen LogP contribution in [0.5, 0.6) is 0 Å². The highest BCUT2D eigenvalue weighted by Gasteiger charge is 2.43. The molecule has 0 spiro atoms. The van der Waals surface area contributed by atoms with Gasteiger partial charge in [-0.15, -0.1) is 0 Å². The van der Waals surface area contributed by atoms with Crippen LogP contribution in [0.15, 0.2) is 0 Å². The summed E-state index contributed by atoms with van der Waals surface area (Å²) in [5.74, 6) is -0.644. The van der Waals surface area contributed by atoms with Crippen LogP contribution in [0.25, 0.3) is 0 Å². The fourth-order valence-electron chi connectivity index (χ4n) is 2.20. The van der Waals surface area contributed by atoms with Crippen LogP contribution in [-0.4, -0.2) is 24.6 Å². The van der Waals surface area contributed by atoms with Crippen molar-refractivity contribution in [1.29, 1.82) is 5.26 Å². The van der Waals surface area contributed by atoms with Crippen molar-refractivity contribution in [2.75, 3.05) is 7.11 Å². The van der Waals surface area contributed by atoms with E-state index in [9.17, 15) is 14.9 Å². The van der Waals surface area contributed by atoms with Gasteiger partial charge in [-0.1, -0.05) is 33.1 Å². The van der Waals surface area contributed by atoms with Gasteiger partial charge in [-0.05, 0) is 33.1 Å². The number of hydrogen-bond acceptors (Lipinski definition) is 5. The Morgan fingerprint density at radius 1 is 1.18 bits per heavy atom. The standard InChI is InChI=1S/C17H29NO4/c1-13(2)9-7-8-10-17(12-18,15(20)21-6)11-14(19)22-16(3,4)5/h13H,7-11H2,1-6H3. The van der Waals surface area contributed by atoms with Crippen molar-refractivity contribution in [1.82, 2.24) is 0 Å². The van der Waals surface area contributed by atoms with Gasteiger partial charge in [-0.25, -0.2) is 0 Å². The summed E-state index contributed by atoms with van der Waals surface area (Å²) in [6.07, 6.45) is 2.67. The number of rotatable bonds is 8. The molecule has 126 valence electrons. The van der Waals surface area contributed by atoms with E-state index in [-0.39, 0.29) is 6.42 Å². The quantitative estimate of drug-likeness (QED) is 0.505. The minimum Gasteiger partial charge on any atom is -0.468 e. The summed E-state index contributed by atoms with van der Waals surface area (Å²) in [4.78, 5) is 24.1. The van der Waals surface area contributed by atoms with Gasteiger partial charge in [0.1, 0.15) is 5.60 Å². The predicted octanol–water partition coefficient (Wildman–Crippen LogP) is 3.62. The van der Waals surface area contributed by atoms with Crippen LogP contribution in [0.4, 0.5) is 0 Å². The molecule has 0 saturated carbocycles. The Morgan fingerprint density at radius 3 is 2.18 bits per heavy atom. The molecule has 0 rings (SSSR count). The highest BCUT2D eigenvalue weighted by Crippen LogP contribution is 2.32. The number of methoxy groups -OCH3 is 1. The highest BCUT2D eigenvalue weighted by molar-refractivity contribution is 5.86. The summed E-state index contributed by atoms with van der Waals surface area (Å²) in [6, 6.07) is 2.00. The molecule has 0 aromatic heterocycles. The molecule has 0 aliphatic carbocycles. The summed E-state index contributed by atoms with van der Waals surface area (Å²) >= 11 is 0. The highest BCUT2D eigenvalue weighted by atomic mass is 16.6. The third-order valence-electron chi connectivity index (χ3n) is 3.29. The van der Waals surface area contributed by atoms with Crippen molar-refractivity contribution in [2.45, 2.75) is 72.3 Å². The van der Waals surface area contributed by atoms with E-state index in [1.165, 1.54) is 7.11 Å². The predicted molar refractivity (Wildman–Crippen MR) is 83.8 cm³/mol. The van der Waals surface area contributed by atoms with Crippen LogP contribution in [0.1, 0.15) is 66.7 Å².